The fourth-order valence-corrected chi connectivity index (χ4v) is 2.40. The first-order valence-corrected chi connectivity index (χ1v) is 7.04. The minimum Gasteiger partial charge on any atom is -0.386 e. The van der Waals surface area contributed by atoms with Gasteiger partial charge in [-0.15, -0.1) is 11.6 Å². The first kappa shape index (κ1) is 14.2. The van der Waals surface area contributed by atoms with Crippen molar-refractivity contribution < 1.29 is 4.74 Å². The number of nitrogens with zero attached hydrogens (tertiary/aromatic N) is 2. The van der Waals surface area contributed by atoms with Crippen LogP contribution in [0.3, 0.4) is 0 Å². The van der Waals surface area contributed by atoms with E-state index in [1.54, 1.807) is 7.11 Å². The van der Waals surface area contributed by atoms with Crippen molar-refractivity contribution in [3.05, 3.63) is 23.8 Å². The van der Waals surface area contributed by atoms with Crippen LogP contribution in [0.15, 0.2) is 23.2 Å². The quantitative estimate of drug-likeness (QED) is 0.512. The minimum atomic E-state index is 0.254. The van der Waals surface area contributed by atoms with E-state index in [0.717, 1.165) is 31.8 Å². The Morgan fingerprint density at radius 2 is 2.37 bits per heavy atom. The first-order chi connectivity index (χ1) is 9.24. The lowest BCUT2D eigenvalue weighted by Gasteiger charge is -2.31. The van der Waals surface area contributed by atoms with Gasteiger partial charge in [-0.1, -0.05) is 6.07 Å². The molecule has 1 aromatic rings. The number of alkyl halides is 1. The van der Waals surface area contributed by atoms with E-state index in [0.29, 0.717) is 5.84 Å². The molecule has 0 aliphatic carbocycles. The van der Waals surface area contributed by atoms with E-state index in [1.807, 2.05) is 6.07 Å². The summed E-state index contributed by atoms with van der Waals surface area (Å²) in [5, 5.41) is 0. The summed E-state index contributed by atoms with van der Waals surface area (Å²) < 4.78 is 5.17. The second-order valence-corrected chi connectivity index (χ2v) is 4.90. The summed E-state index contributed by atoms with van der Waals surface area (Å²) in [5.41, 5.74) is 9.15. The van der Waals surface area contributed by atoms with Crippen molar-refractivity contribution in [3.63, 3.8) is 0 Å². The molecule has 104 valence electrons. The third-order valence-corrected chi connectivity index (χ3v) is 3.53. The van der Waals surface area contributed by atoms with Crippen molar-refractivity contribution in [1.29, 1.82) is 0 Å². The third kappa shape index (κ3) is 3.61. The number of methoxy groups -OCH3 is 1. The SMILES string of the molecule is COCCN1CCCc2ccc(N=C(N)CCl)cc21. The van der Waals surface area contributed by atoms with Crippen LogP contribution in [0.2, 0.25) is 0 Å². The van der Waals surface area contributed by atoms with Crippen molar-refractivity contribution in [2.75, 3.05) is 37.6 Å². The highest BCUT2D eigenvalue weighted by atomic mass is 35.5. The second kappa shape index (κ2) is 6.78. The lowest BCUT2D eigenvalue weighted by molar-refractivity contribution is 0.205. The standard InChI is InChI=1S/C14H20ClN3O/c1-19-8-7-18-6-2-3-11-4-5-12(9-13(11)18)17-14(16)10-15/h4-5,9H,2-3,6-8,10H2,1H3,(H2,16,17). The van der Waals surface area contributed by atoms with Gasteiger partial charge in [0.1, 0.15) is 5.84 Å². The molecule has 0 bridgehead atoms. The smallest absolute Gasteiger partial charge is 0.115 e. The molecule has 0 aromatic heterocycles. The Balaban J connectivity index is 2.24. The van der Waals surface area contributed by atoms with Gasteiger partial charge in [-0.05, 0) is 30.5 Å². The lowest BCUT2D eigenvalue weighted by Crippen LogP contribution is -2.32. The number of amidine groups is 1. The topological polar surface area (TPSA) is 50.8 Å². The molecule has 19 heavy (non-hydrogen) atoms. The number of ether oxygens (including phenoxy) is 1. The van der Waals surface area contributed by atoms with Gasteiger partial charge in [-0.2, -0.15) is 0 Å². The molecule has 2 N–H and O–H groups in total. The van der Waals surface area contributed by atoms with Crippen LogP contribution in [0.5, 0.6) is 0 Å². The molecule has 2 rings (SSSR count). The molecule has 0 radical (unpaired) electrons. The van der Waals surface area contributed by atoms with Crippen LogP contribution in [0, 0.1) is 0 Å². The van der Waals surface area contributed by atoms with Crippen LogP contribution in [-0.2, 0) is 11.2 Å². The Bertz CT molecular complexity index is 462. The summed E-state index contributed by atoms with van der Waals surface area (Å²) >= 11 is 5.66. The third-order valence-electron chi connectivity index (χ3n) is 3.26. The number of hydrogen-bond donors (Lipinski definition) is 1. The van der Waals surface area contributed by atoms with Crippen LogP contribution in [0.1, 0.15) is 12.0 Å². The number of anilines is 1. The highest BCUT2D eigenvalue weighted by molar-refractivity contribution is 6.28. The normalized spacial score (nSPS) is 15.5. The maximum atomic E-state index is 5.68. The monoisotopic (exact) mass is 281 g/mol. The molecule has 1 aliphatic heterocycles. The number of benzene rings is 1. The highest BCUT2D eigenvalue weighted by Crippen LogP contribution is 2.30. The number of halogens is 1. The Hall–Kier alpha value is -1.26. The minimum absolute atomic E-state index is 0.254. The Kier molecular flexibility index (Phi) is 5.05. The number of nitrogens with two attached hydrogens (primary N) is 1. The Morgan fingerprint density at radius 3 is 3.11 bits per heavy atom. The van der Waals surface area contributed by atoms with Crippen molar-refractivity contribution in [1.82, 2.24) is 0 Å². The lowest BCUT2D eigenvalue weighted by atomic mass is 10.0. The fourth-order valence-electron chi connectivity index (χ4n) is 2.34. The zero-order chi connectivity index (χ0) is 13.7. The highest BCUT2D eigenvalue weighted by Gasteiger charge is 2.16. The van der Waals surface area contributed by atoms with E-state index < -0.39 is 0 Å². The van der Waals surface area contributed by atoms with E-state index in [4.69, 9.17) is 22.1 Å². The molecule has 0 atom stereocenters. The number of fused-ring (bicyclic) bond motifs is 1. The van der Waals surface area contributed by atoms with Crippen LogP contribution < -0.4 is 10.6 Å². The van der Waals surface area contributed by atoms with Crippen LogP contribution in [0.25, 0.3) is 0 Å². The number of rotatable bonds is 5. The predicted molar refractivity (Wildman–Crippen MR) is 80.9 cm³/mol. The molecular weight excluding hydrogens is 262 g/mol. The van der Waals surface area contributed by atoms with E-state index in [1.165, 1.54) is 17.7 Å². The molecule has 0 saturated heterocycles. The van der Waals surface area contributed by atoms with Crippen LogP contribution in [0.4, 0.5) is 11.4 Å². The van der Waals surface area contributed by atoms with E-state index in [9.17, 15) is 0 Å². The summed E-state index contributed by atoms with van der Waals surface area (Å²) in [4.78, 5) is 6.65. The van der Waals surface area contributed by atoms with Gasteiger partial charge in [0.15, 0.2) is 0 Å². The van der Waals surface area contributed by atoms with Crippen molar-refractivity contribution >= 4 is 28.8 Å². The summed E-state index contributed by atoms with van der Waals surface area (Å²) in [7, 11) is 1.73. The zero-order valence-corrected chi connectivity index (χ0v) is 12.0. The van der Waals surface area contributed by atoms with Gasteiger partial charge in [0.25, 0.3) is 0 Å². The second-order valence-electron chi connectivity index (χ2n) is 4.63. The molecule has 1 aromatic carbocycles. The molecule has 1 aliphatic rings. The molecule has 0 saturated carbocycles. The molecule has 0 amide bonds. The van der Waals surface area contributed by atoms with Crippen molar-refractivity contribution in [3.8, 4) is 0 Å². The number of hydrogen-bond acceptors (Lipinski definition) is 3. The van der Waals surface area contributed by atoms with Gasteiger partial charge in [-0.25, -0.2) is 4.99 Å². The number of aliphatic imine (C=N–C) groups is 1. The molecule has 4 nitrogen and oxygen atoms in total. The summed E-state index contributed by atoms with van der Waals surface area (Å²) in [6, 6.07) is 6.22. The Morgan fingerprint density at radius 1 is 1.53 bits per heavy atom. The first-order valence-electron chi connectivity index (χ1n) is 6.50. The summed E-state index contributed by atoms with van der Waals surface area (Å²) in [5.74, 6) is 0.700. The maximum Gasteiger partial charge on any atom is 0.115 e. The van der Waals surface area contributed by atoms with Gasteiger partial charge in [-0.3, -0.25) is 0 Å². The zero-order valence-electron chi connectivity index (χ0n) is 11.2. The largest absolute Gasteiger partial charge is 0.386 e. The molecule has 0 spiro atoms. The van der Waals surface area contributed by atoms with Crippen LogP contribution >= 0.6 is 11.6 Å². The summed E-state index contributed by atoms with van der Waals surface area (Å²) in [6.45, 7) is 2.70. The van der Waals surface area contributed by atoms with Gasteiger partial charge >= 0.3 is 0 Å². The predicted octanol–water partition coefficient (Wildman–Crippen LogP) is 2.31. The molecular formula is C14H20ClN3O. The summed E-state index contributed by atoms with van der Waals surface area (Å²) in [6.07, 6.45) is 2.30. The molecule has 0 unspecified atom stereocenters. The molecule has 0 fully saturated rings. The average molecular weight is 282 g/mol. The number of aryl methyl sites for hydroxylation is 1. The van der Waals surface area contributed by atoms with E-state index in [-0.39, 0.29) is 5.88 Å². The van der Waals surface area contributed by atoms with E-state index >= 15 is 0 Å². The molecule has 5 heteroatoms. The van der Waals surface area contributed by atoms with Gasteiger partial charge in [0, 0.05) is 25.9 Å². The van der Waals surface area contributed by atoms with E-state index in [2.05, 4.69) is 22.0 Å². The maximum absolute atomic E-state index is 5.68. The van der Waals surface area contributed by atoms with Gasteiger partial charge in [0.2, 0.25) is 0 Å². The fraction of sp³-hybridized carbons (Fsp3) is 0.500. The van der Waals surface area contributed by atoms with Crippen molar-refractivity contribution in [2.45, 2.75) is 12.8 Å². The molecule has 1 heterocycles. The average Bonchev–Trinajstić information content (AvgIpc) is 2.45. The van der Waals surface area contributed by atoms with Crippen molar-refractivity contribution in [2.24, 2.45) is 10.7 Å². The van der Waals surface area contributed by atoms with Gasteiger partial charge < -0.3 is 15.4 Å². The Labute approximate surface area is 119 Å². The van der Waals surface area contributed by atoms with Gasteiger partial charge in [0.05, 0.1) is 18.2 Å². The van der Waals surface area contributed by atoms with Crippen LogP contribution in [-0.4, -0.2) is 38.5 Å².